The number of benzene rings is 1. The molecule has 0 fully saturated rings. The third-order valence-corrected chi connectivity index (χ3v) is 2.94. The molecule has 1 aliphatic heterocycles. The van der Waals surface area contributed by atoms with Gasteiger partial charge in [0.25, 0.3) is 0 Å². The predicted molar refractivity (Wildman–Crippen MR) is 58.7 cm³/mol. The first kappa shape index (κ1) is 10.6. The summed E-state index contributed by atoms with van der Waals surface area (Å²) in [5.74, 6) is 0. The van der Waals surface area contributed by atoms with E-state index in [4.69, 9.17) is 14.6 Å². The maximum atomic E-state index is 8.86. The van der Waals surface area contributed by atoms with E-state index in [2.05, 4.69) is 5.16 Å². The molecular weight excluding hydrogens is 213 g/mol. The normalized spacial score (nSPS) is 20.2. The Balaban J connectivity index is 1.98. The first-order chi connectivity index (χ1) is 7.25. The highest BCUT2D eigenvalue weighted by atomic mass is 31.2. The molecule has 1 aliphatic rings. The Labute approximate surface area is 89.1 Å². The second-order valence-electron chi connectivity index (χ2n) is 3.39. The Morgan fingerprint density at radius 2 is 2.07 bits per heavy atom. The smallest absolute Gasteiger partial charge is 0.168 e. The molecule has 1 heterocycles. The monoisotopic (exact) mass is 225 g/mol. The molecule has 0 bridgehead atoms. The zero-order valence-corrected chi connectivity index (χ0v) is 8.97. The first-order valence-corrected chi connectivity index (χ1v) is 6.12. The minimum Gasteiger partial charge on any atom is -0.391 e. The number of nitrogens with zero attached hydrogens (tertiary/aromatic N) is 1. The molecule has 0 radical (unpaired) electrons. The van der Waals surface area contributed by atoms with Crippen molar-refractivity contribution in [3.63, 3.8) is 0 Å². The fourth-order valence-electron chi connectivity index (χ4n) is 1.51. The second kappa shape index (κ2) is 4.71. The van der Waals surface area contributed by atoms with Gasteiger partial charge in [-0.05, 0) is 5.56 Å². The number of rotatable bonds is 3. The summed E-state index contributed by atoms with van der Waals surface area (Å²) in [5.41, 5.74) is 1.90. The highest BCUT2D eigenvalue weighted by Gasteiger charge is 2.24. The third-order valence-electron chi connectivity index (χ3n) is 2.21. The quantitative estimate of drug-likeness (QED) is 0.766. The van der Waals surface area contributed by atoms with Gasteiger partial charge in [-0.3, -0.25) is 0 Å². The second-order valence-corrected chi connectivity index (χ2v) is 4.50. The van der Waals surface area contributed by atoms with Crippen LogP contribution in [0.2, 0.25) is 0 Å². The van der Waals surface area contributed by atoms with Crippen molar-refractivity contribution in [1.82, 2.24) is 0 Å². The van der Waals surface area contributed by atoms with Crippen LogP contribution in [0.1, 0.15) is 12.0 Å². The van der Waals surface area contributed by atoms with Crippen LogP contribution in [0.3, 0.4) is 0 Å². The molecule has 5 heteroatoms. The van der Waals surface area contributed by atoms with Gasteiger partial charge in [-0.2, -0.15) is 0 Å². The Kier molecular flexibility index (Phi) is 3.31. The standard InChI is InChI=1S/C10H12NO3P/c12-15(13)7-9-6-10(11-14-9)8-4-2-1-3-5-8/h1-5,9,12-13H,6-7H2. The Morgan fingerprint density at radius 1 is 1.33 bits per heavy atom. The van der Waals surface area contributed by atoms with Crippen LogP contribution in [0.4, 0.5) is 0 Å². The molecular formula is C10H12NO3P. The van der Waals surface area contributed by atoms with E-state index < -0.39 is 8.38 Å². The lowest BCUT2D eigenvalue weighted by molar-refractivity contribution is 0.0997. The summed E-state index contributed by atoms with van der Waals surface area (Å²) in [5, 5.41) is 3.95. The summed E-state index contributed by atoms with van der Waals surface area (Å²) < 4.78 is 0. The molecule has 0 amide bonds. The van der Waals surface area contributed by atoms with Crippen LogP contribution in [0.5, 0.6) is 0 Å². The maximum absolute atomic E-state index is 8.86. The fourth-order valence-corrected chi connectivity index (χ4v) is 2.07. The SMILES string of the molecule is OP(O)CC1CC(c2ccccc2)=NO1. The molecule has 0 aromatic heterocycles. The van der Waals surface area contributed by atoms with Crippen LogP contribution in [0, 0.1) is 0 Å². The van der Waals surface area contributed by atoms with E-state index in [-0.39, 0.29) is 12.3 Å². The summed E-state index contributed by atoms with van der Waals surface area (Å²) in [7, 11) is -1.90. The molecule has 2 rings (SSSR count). The van der Waals surface area contributed by atoms with E-state index in [9.17, 15) is 0 Å². The lowest BCUT2D eigenvalue weighted by Crippen LogP contribution is -2.12. The summed E-state index contributed by atoms with van der Waals surface area (Å²) >= 11 is 0. The molecule has 0 aliphatic carbocycles. The van der Waals surface area contributed by atoms with Gasteiger partial charge < -0.3 is 14.6 Å². The molecule has 15 heavy (non-hydrogen) atoms. The van der Waals surface area contributed by atoms with E-state index in [1.807, 2.05) is 30.3 Å². The van der Waals surface area contributed by atoms with Crippen LogP contribution >= 0.6 is 8.38 Å². The first-order valence-electron chi connectivity index (χ1n) is 4.69. The molecule has 1 unspecified atom stereocenters. The van der Waals surface area contributed by atoms with Crippen molar-refractivity contribution < 1.29 is 14.6 Å². The molecule has 4 nitrogen and oxygen atoms in total. The van der Waals surface area contributed by atoms with Gasteiger partial charge in [0.05, 0.1) is 11.9 Å². The van der Waals surface area contributed by atoms with E-state index in [0.29, 0.717) is 6.42 Å². The average Bonchev–Trinajstić information content (AvgIpc) is 2.67. The Morgan fingerprint density at radius 3 is 2.73 bits per heavy atom. The molecule has 1 atom stereocenters. The largest absolute Gasteiger partial charge is 0.391 e. The lowest BCUT2D eigenvalue weighted by Gasteiger charge is -2.07. The Hall–Kier alpha value is -0.960. The lowest BCUT2D eigenvalue weighted by atomic mass is 10.1. The van der Waals surface area contributed by atoms with Gasteiger partial charge in [-0.15, -0.1) is 0 Å². The maximum Gasteiger partial charge on any atom is 0.168 e. The predicted octanol–water partition coefficient (Wildman–Crippen LogP) is 1.48. The van der Waals surface area contributed by atoms with Crippen molar-refractivity contribution >= 4 is 14.1 Å². The number of hydrogen-bond acceptors (Lipinski definition) is 4. The van der Waals surface area contributed by atoms with Crippen molar-refractivity contribution in [3.05, 3.63) is 35.9 Å². The molecule has 1 aromatic carbocycles. The molecule has 1 aromatic rings. The van der Waals surface area contributed by atoms with Crippen molar-refractivity contribution in [2.45, 2.75) is 12.5 Å². The molecule has 0 saturated carbocycles. The van der Waals surface area contributed by atoms with Crippen LogP contribution in [0.15, 0.2) is 35.5 Å². The minimum atomic E-state index is -1.90. The fraction of sp³-hybridized carbons (Fsp3) is 0.300. The van der Waals surface area contributed by atoms with Crippen LogP contribution in [-0.4, -0.2) is 27.8 Å². The summed E-state index contributed by atoms with van der Waals surface area (Å²) in [6.07, 6.45) is 0.709. The van der Waals surface area contributed by atoms with Crippen LogP contribution in [-0.2, 0) is 4.84 Å². The van der Waals surface area contributed by atoms with Gasteiger partial charge in [-0.25, -0.2) is 0 Å². The molecule has 0 spiro atoms. The van der Waals surface area contributed by atoms with E-state index in [1.54, 1.807) is 0 Å². The van der Waals surface area contributed by atoms with Gasteiger partial charge >= 0.3 is 0 Å². The highest BCUT2D eigenvalue weighted by Crippen LogP contribution is 2.29. The topological polar surface area (TPSA) is 62.0 Å². The van der Waals surface area contributed by atoms with Gasteiger partial charge in [0, 0.05) is 6.42 Å². The van der Waals surface area contributed by atoms with Crippen LogP contribution in [0.25, 0.3) is 0 Å². The van der Waals surface area contributed by atoms with Crippen molar-refractivity contribution in [1.29, 1.82) is 0 Å². The Bertz CT molecular complexity index is 353. The average molecular weight is 225 g/mol. The molecule has 80 valence electrons. The molecule has 0 saturated heterocycles. The third kappa shape index (κ3) is 2.75. The van der Waals surface area contributed by atoms with Gasteiger partial charge in [0.2, 0.25) is 0 Å². The number of oxime groups is 1. The van der Waals surface area contributed by atoms with Crippen molar-refractivity contribution in [3.8, 4) is 0 Å². The molecule has 2 N–H and O–H groups in total. The zero-order chi connectivity index (χ0) is 10.7. The highest BCUT2D eigenvalue weighted by molar-refractivity contribution is 7.45. The summed E-state index contributed by atoms with van der Waals surface area (Å²) in [6, 6.07) is 9.75. The van der Waals surface area contributed by atoms with E-state index in [0.717, 1.165) is 11.3 Å². The minimum absolute atomic E-state index is 0.193. The summed E-state index contributed by atoms with van der Waals surface area (Å²) in [4.78, 5) is 22.8. The zero-order valence-electron chi connectivity index (χ0n) is 8.08. The van der Waals surface area contributed by atoms with Gasteiger partial charge in [0.1, 0.15) is 6.10 Å². The summed E-state index contributed by atoms with van der Waals surface area (Å²) in [6.45, 7) is 0. The van der Waals surface area contributed by atoms with E-state index >= 15 is 0 Å². The number of hydrogen-bond donors (Lipinski definition) is 2. The van der Waals surface area contributed by atoms with E-state index in [1.165, 1.54) is 0 Å². The van der Waals surface area contributed by atoms with Gasteiger partial charge in [0.15, 0.2) is 8.38 Å². The van der Waals surface area contributed by atoms with Crippen molar-refractivity contribution in [2.75, 3.05) is 6.16 Å². The van der Waals surface area contributed by atoms with Crippen LogP contribution < -0.4 is 0 Å². The van der Waals surface area contributed by atoms with Crippen molar-refractivity contribution in [2.24, 2.45) is 5.16 Å². The van der Waals surface area contributed by atoms with Gasteiger partial charge in [-0.1, -0.05) is 35.5 Å².